The Labute approximate surface area is 188 Å². The van der Waals surface area contributed by atoms with Crippen LogP contribution in [0.15, 0.2) is 12.1 Å². The molecule has 0 bridgehead atoms. The molecule has 2 saturated heterocycles. The van der Waals surface area contributed by atoms with Crippen LogP contribution in [0.25, 0.3) is 5.52 Å². The van der Waals surface area contributed by atoms with Crippen LogP contribution in [-0.2, 0) is 18.6 Å². The Morgan fingerprint density at radius 1 is 1.17 bits per heavy atom. The molecule has 1 unspecified atom stereocenters. The number of hydrogen-bond donors (Lipinski definition) is 0. The van der Waals surface area contributed by atoms with Crippen molar-refractivity contribution >= 4 is 37.0 Å². The lowest BCUT2D eigenvalue weighted by Crippen LogP contribution is -2.44. The predicted molar refractivity (Wildman–Crippen MR) is 118 cm³/mol. The first-order valence-electron chi connectivity index (χ1n) is 10.1. The molecule has 0 radical (unpaired) electrons. The molecule has 4 heterocycles. The molecule has 2 aliphatic heterocycles. The normalized spacial score (nSPS) is 29.0. The van der Waals surface area contributed by atoms with E-state index >= 15 is 0 Å². The zero-order valence-corrected chi connectivity index (χ0v) is 20.9. The quantitative estimate of drug-likeness (QED) is 0.580. The molecular weight excluding hydrogens is 445 g/mol. The summed E-state index contributed by atoms with van der Waals surface area (Å²) in [7, 11) is -1.94. The highest BCUT2D eigenvalue weighted by atomic mass is 35.5. The number of aromatic nitrogens is 3. The maximum atomic E-state index is 6.45. The highest BCUT2D eigenvalue weighted by Crippen LogP contribution is 2.46. The molecule has 4 rings (SSSR count). The minimum atomic E-state index is -1.94. The van der Waals surface area contributed by atoms with Crippen molar-refractivity contribution in [2.45, 2.75) is 83.0 Å². The third kappa shape index (κ3) is 3.92. The van der Waals surface area contributed by atoms with Crippen LogP contribution in [0.2, 0.25) is 28.6 Å². The van der Waals surface area contributed by atoms with Crippen molar-refractivity contribution in [2.75, 3.05) is 6.61 Å². The van der Waals surface area contributed by atoms with E-state index in [-0.39, 0.29) is 33.8 Å². The molecule has 7 nitrogen and oxygen atoms in total. The van der Waals surface area contributed by atoms with Gasteiger partial charge in [0, 0.05) is 0 Å². The van der Waals surface area contributed by atoms with Crippen molar-refractivity contribution in [1.82, 2.24) is 14.6 Å². The topological polar surface area (TPSA) is 67.1 Å². The Kier molecular flexibility index (Phi) is 5.54. The summed E-state index contributed by atoms with van der Waals surface area (Å²) in [5.41, 5.74) is 1.46. The molecule has 2 aliphatic rings. The van der Waals surface area contributed by atoms with Crippen LogP contribution in [0.5, 0.6) is 0 Å². The van der Waals surface area contributed by atoms with Crippen molar-refractivity contribution < 1.29 is 18.6 Å². The van der Waals surface area contributed by atoms with E-state index in [1.165, 1.54) is 0 Å². The summed E-state index contributed by atoms with van der Waals surface area (Å²) in [6, 6.07) is 3.77. The number of nitrogens with zero attached hydrogens (tertiary/aromatic N) is 3. The molecule has 0 saturated carbocycles. The molecule has 10 heteroatoms. The lowest BCUT2D eigenvalue weighted by atomic mass is 10.1. The first-order valence-corrected chi connectivity index (χ1v) is 13.8. The SMILES string of the molecule is CC1(C)O[C@@H]2[C@@H](CO[Si](C)(C)C(C)(C)C)OC(c3ccc4c(Cl)nc(Cl)nn34)[C@@H]2O1. The fourth-order valence-corrected chi connectivity index (χ4v) is 5.17. The van der Waals surface area contributed by atoms with Gasteiger partial charge in [-0.3, -0.25) is 0 Å². The predicted octanol–water partition coefficient (Wildman–Crippen LogP) is 5.02. The minimum absolute atomic E-state index is 0.0706. The van der Waals surface area contributed by atoms with E-state index in [4.69, 9.17) is 41.8 Å². The van der Waals surface area contributed by atoms with Crippen molar-refractivity contribution in [3.63, 3.8) is 0 Å². The lowest BCUT2D eigenvalue weighted by Gasteiger charge is -2.37. The van der Waals surface area contributed by atoms with E-state index in [0.29, 0.717) is 12.1 Å². The molecule has 30 heavy (non-hydrogen) atoms. The Morgan fingerprint density at radius 3 is 2.50 bits per heavy atom. The fraction of sp³-hybridized carbons (Fsp3) is 0.700. The number of hydrogen-bond acceptors (Lipinski definition) is 6. The van der Waals surface area contributed by atoms with E-state index < -0.39 is 20.2 Å². The van der Waals surface area contributed by atoms with Gasteiger partial charge >= 0.3 is 0 Å². The second kappa shape index (κ2) is 7.40. The molecule has 2 aromatic rings. The summed E-state index contributed by atoms with van der Waals surface area (Å²) in [6.07, 6.45) is -1.18. The summed E-state index contributed by atoms with van der Waals surface area (Å²) in [4.78, 5) is 4.01. The van der Waals surface area contributed by atoms with Crippen LogP contribution in [0.4, 0.5) is 0 Å². The van der Waals surface area contributed by atoms with Gasteiger partial charge in [0.2, 0.25) is 5.28 Å². The van der Waals surface area contributed by atoms with E-state index in [9.17, 15) is 0 Å². The summed E-state index contributed by atoms with van der Waals surface area (Å²) < 4.78 is 27.0. The van der Waals surface area contributed by atoms with Gasteiger partial charge in [0.1, 0.15) is 29.9 Å². The van der Waals surface area contributed by atoms with Crippen molar-refractivity contribution in [2.24, 2.45) is 0 Å². The summed E-state index contributed by atoms with van der Waals surface area (Å²) in [5.74, 6) is -0.704. The molecule has 2 aromatic heterocycles. The van der Waals surface area contributed by atoms with Gasteiger partial charge in [-0.25, -0.2) is 9.50 Å². The summed E-state index contributed by atoms with van der Waals surface area (Å²) in [5, 5.41) is 4.79. The molecule has 0 aliphatic carbocycles. The first-order chi connectivity index (χ1) is 13.8. The average molecular weight is 474 g/mol. The molecular formula is C20H29Cl2N3O4Si. The van der Waals surface area contributed by atoms with Crippen LogP contribution in [0, 0.1) is 0 Å². The second-order valence-corrected chi connectivity index (χ2v) is 15.5. The largest absolute Gasteiger partial charge is 0.414 e. The molecule has 0 N–H and O–H groups in total. The zero-order chi connectivity index (χ0) is 22.1. The molecule has 2 fully saturated rings. The van der Waals surface area contributed by atoms with Gasteiger partial charge in [0.25, 0.3) is 0 Å². The van der Waals surface area contributed by atoms with Crippen LogP contribution in [0.3, 0.4) is 0 Å². The highest BCUT2D eigenvalue weighted by molar-refractivity contribution is 6.74. The van der Waals surface area contributed by atoms with Gasteiger partial charge < -0.3 is 18.6 Å². The third-order valence-electron chi connectivity index (χ3n) is 6.32. The van der Waals surface area contributed by atoms with E-state index in [1.807, 2.05) is 26.0 Å². The smallest absolute Gasteiger partial charge is 0.242 e. The van der Waals surface area contributed by atoms with Gasteiger partial charge in [0.05, 0.1) is 12.3 Å². The lowest BCUT2D eigenvalue weighted by molar-refractivity contribution is -0.191. The maximum absolute atomic E-state index is 6.45. The second-order valence-electron chi connectivity index (χ2n) is 9.96. The Balaban J connectivity index is 1.64. The summed E-state index contributed by atoms with van der Waals surface area (Å²) >= 11 is 12.3. The highest BCUT2D eigenvalue weighted by Gasteiger charge is 2.56. The van der Waals surface area contributed by atoms with Gasteiger partial charge in [-0.05, 0) is 55.7 Å². The monoisotopic (exact) mass is 473 g/mol. The van der Waals surface area contributed by atoms with Crippen LogP contribution in [0.1, 0.15) is 46.4 Å². The Morgan fingerprint density at radius 2 is 1.83 bits per heavy atom. The van der Waals surface area contributed by atoms with Crippen molar-refractivity contribution in [3.05, 3.63) is 28.3 Å². The fourth-order valence-electron chi connectivity index (χ4n) is 3.73. The number of halogens is 2. The molecule has 166 valence electrons. The average Bonchev–Trinajstić information content (AvgIpc) is 3.23. The first kappa shape index (κ1) is 22.5. The van der Waals surface area contributed by atoms with Gasteiger partial charge in [-0.15, -0.1) is 5.10 Å². The number of ether oxygens (including phenoxy) is 3. The van der Waals surface area contributed by atoms with E-state index in [2.05, 4.69) is 43.9 Å². The zero-order valence-electron chi connectivity index (χ0n) is 18.4. The van der Waals surface area contributed by atoms with E-state index in [1.54, 1.807) is 4.52 Å². The molecule has 0 amide bonds. The van der Waals surface area contributed by atoms with Gasteiger partial charge in [-0.2, -0.15) is 0 Å². The minimum Gasteiger partial charge on any atom is -0.414 e. The van der Waals surface area contributed by atoms with Crippen LogP contribution in [-0.4, -0.2) is 53.6 Å². The van der Waals surface area contributed by atoms with Crippen LogP contribution < -0.4 is 0 Å². The molecule has 0 spiro atoms. The Hall–Kier alpha value is -0.743. The Bertz CT molecular complexity index is 959. The van der Waals surface area contributed by atoms with Crippen molar-refractivity contribution in [1.29, 1.82) is 0 Å². The molecule has 4 atom stereocenters. The maximum Gasteiger partial charge on any atom is 0.242 e. The standard InChI is InChI=1S/C20H29Cl2N3O4Si/c1-19(2,3)30(6,7)26-10-13-15-16(29-20(4,5)28-15)14(27-13)11-8-9-12-17(21)23-18(22)24-25(11)12/h8-9,13-16H,10H2,1-7H3/t13-,14?,15-,16+/m1/s1. The third-order valence-corrected chi connectivity index (χ3v) is 11.3. The number of rotatable bonds is 4. The van der Waals surface area contributed by atoms with Gasteiger partial charge in [-0.1, -0.05) is 32.4 Å². The van der Waals surface area contributed by atoms with Crippen molar-refractivity contribution in [3.8, 4) is 0 Å². The summed E-state index contributed by atoms with van der Waals surface area (Å²) in [6.45, 7) is 15.4. The van der Waals surface area contributed by atoms with Gasteiger partial charge in [0.15, 0.2) is 19.3 Å². The number of fused-ring (bicyclic) bond motifs is 2. The van der Waals surface area contributed by atoms with Crippen LogP contribution >= 0.6 is 23.2 Å². The molecule has 0 aromatic carbocycles. The van der Waals surface area contributed by atoms with E-state index in [0.717, 1.165) is 5.69 Å².